The first-order valence-electron chi connectivity index (χ1n) is 19.8. The summed E-state index contributed by atoms with van der Waals surface area (Å²) in [4.78, 5) is 36.6. The van der Waals surface area contributed by atoms with Crippen LogP contribution < -0.4 is 0 Å². The van der Waals surface area contributed by atoms with E-state index in [0.29, 0.717) is 19.3 Å². The van der Waals surface area contributed by atoms with Crippen LogP contribution in [0.15, 0.2) is 97.2 Å². The highest BCUT2D eigenvalue weighted by Gasteiger charge is 2.31. The van der Waals surface area contributed by atoms with E-state index in [0.717, 1.165) is 77.0 Å². The highest BCUT2D eigenvalue weighted by atomic mass is 16.6. The number of quaternary nitrogens is 1. The molecule has 0 bridgehead atoms. The molecule has 0 aromatic rings. The third-order valence-electron chi connectivity index (χ3n) is 7.99. The number of carboxylic acids is 1. The van der Waals surface area contributed by atoms with Crippen molar-refractivity contribution in [1.29, 1.82) is 0 Å². The van der Waals surface area contributed by atoms with Crippen LogP contribution in [0.1, 0.15) is 117 Å². The van der Waals surface area contributed by atoms with Gasteiger partial charge in [0.15, 0.2) is 12.1 Å². The van der Waals surface area contributed by atoms with E-state index in [4.69, 9.17) is 14.2 Å². The molecule has 2 unspecified atom stereocenters. The first-order chi connectivity index (χ1) is 25.6. The molecule has 0 radical (unpaired) electrons. The lowest BCUT2D eigenvalue weighted by Crippen LogP contribution is -2.50. The maximum absolute atomic E-state index is 12.5. The number of carbonyl (C=O) groups excluding carboxylic acids is 2. The number of carboxylic acid groups (broad SMARTS) is 1. The van der Waals surface area contributed by atoms with Gasteiger partial charge in [0.2, 0.25) is 0 Å². The summed E-state index contributed by atoms with van der Waals surface area (Å²) in [6.07, 6.45) is 46.4. The molecule has 8 nitrogen and oxygen atoms in total. The van der Waals surface area contributed by atoms with Crippen LogP contribution in [0.4, 0.5) is 0 Å². The summed E-state index contributed by atoms with van der Waals surface area (Å²) in [5, 5.41) is 9.56. The number of hydrogen-bond acceptors (Lipinski definition) is 6. The van der Waals surface area contributed by atoms with Gasteiger partial charge in [0, 0.05) is 19.3 Å². The molecule has 53 heavy (non-hydrogen) atoms. The monoisotopic (exact) mass is 739 g/mol. The van der Waals surface area contributed by atoms with Crippen molar-refractivity contribution < 1.29 is 38.2 Å². The number of hydrogen-bond donors (Lipinski definition) is 1. The Bertz CT molecular complexity index is 1180. The number of rotatable bonds is 33. The second-order valence-electron chi connectivity index (χ2n) is 13.8. The number of aliphatic carboxylic acids is 1. The first kappa shape index (κ1) is 49.2. The zero-order chi connectivity index (χ0) is 39.3. The number of ether oxygens (including phenoxy) is 3. The molecule has 0 saturated carbocycles. The van der Waals surface area contributed by atoms with Crippen molar-refractivity contribution in [3.8, 4) is 0 Å². The Balaban J connectivity index is 4.36. The van der Waals surface area contributed by atoms with Crippen molar-refractivity contribution in [3.63, 3.8) is 0 Å². The summed E-state index contributed by atoms with van der Waals surface area (Å²) in [7, 11) is 5.47. The van der Waals surface area contributed by atoms with E-state index in [9.17, 15) is 19.5 Å². The lowest BCUT2D eigenvalue weighted by atomic mass is 10.1. The molecule has 0 heterocycles. The fourth-order valence-corrected chi connectivity index (χ4v) is 4.98. The van der Waals surface area contributed by atoms with Gasteiger partial charge in [-0.2, -0.15) is 0 Å². The Hall–Kier alpha value is -3.75. The summed E-state index contributed by atoms with van der Waals surface area (Å²) >= 11 is 0. The largest absolute Gasteiger partial charge is 0.477 e. The van der Waals surface area contributed by atoms with Gasteiger partial charge in [0.1, 0.15) is 6.61 Å². The van der Waals surface area contributed by atoms with Crippen LogP contribution in [0.25, 0.3) is 0 Å². The number of likely N-dealkylation sites (N-methyl/N-ethyl adjacent to an activating group) is 1. The van der Waals surface area contributed by atoms with Gasteiger partial charge in [0.25, 0.3) is 0 Å². The summed E-state index contributed by atoms with van der Waals surface area (Å²) in [5.41, 5.74) is 0. The third-order valence-corrected chi connectivity index (χ3v) is 7.99. The van der Waals surface area contributed by atoms with Crippen LogP contribution in [0, 0.1) is 0 Å². The summed E-state index contributed by atoms with van der Waals surface area (Å²) in [6, 6.07) is -0.632. The average Bonchev–Trinajstić information content (AvgIpc) is 3.11. The van der Waals surface area contributed by atoms with Gasteiger partial charge in [-0.05, 0) is 77.0 Å². The average molecular weight is 739 g/mol. The number of unbranched alkanes of at least 4 members (excludes halogenated alkanes) is 3. The summed E-state index contributed by atoms with van der Waals surface area (Å²) < 4.78 is 17.0. The Morgan fingerprint density at radius 3 is 1.51 bits per heavy atom. The molecule has 0 aromatic heterocycles. The van der Waals surface area contributed by atoms with Crippen molar-refractivity contribution in [2.75, 3.05) is 41.0 Å². The maximum atomic E-state index is 12.5. The third kappa shape index (κ3) is 33.8. The van der Waals surface area contributed by atoms with E-state index in [1.165, 1.54) is 0 Å². The molecular formula is C45H72NO7+. The van der Waals surface area contributed by atoms with Gasteiger partial charge in [-0.15, -0.1) is 0 Å². The minimum absolute atomic E-state index is 0.0200. The molecule has 0 fully saturated rings. The molecule has 0 aliphatic heterocycles. The normalized spacial score (nSPS) is 14.1. The Labute approximate surface area is 322 Å². The molecule has 0 aromatic carbocycles. The highest BCUT2D eigenvalue weighted by Crippen LogP contribution is 2.10. The van der Waals surface area contributed by atoms with Crippen LogP contribution in [0.5, 0.6) is 0 Å². The predicted molar refractivity (Wildman–Crippen MR) is 219 cm³/mol. The minimum Gasteiger partial charge on any atom is -0.477 e. The van der Waals surface area contributed by atoms with Crippen LogP contribution in [-0.2, 0) is 28.6 Å². The molecule has 0 spiro atoms. The molecule has 298 valence electrons. The van der Waals surface area contributed by atoms with Crippen molar-refractivity contribution in [2.24, 2.45) is 0 Å². The molecular weight excluding hydrogens is 666 g/mol. The molecule has 1 N–H and O–H groups in total. The predicted octanol–water partition coefficient (Wildman–Crippen LogP) is 10.3. The molecule has 0 saturated heterocycles. The number of carbonyl (C=O) groups is 3. The minimum atomic E-state index is -0.895. The van der Waals surface area contributed by atoms with Gasteiger partial charge < -0.3 is 23.8 Å². The molecule has 0 aliphatic rings. The molecule has 8 heteroatoms. The Morgan fingerprint density at radius 2 is 1.04 bits per heavy atom. The summed E-state index contributed by atoms with van der Waals surface area (Å²) in [6.45, 7) is 4.33. The van der Waals surface area contributed by atoms with E-state index in [-0.39, 0.29) is 36.7 Å². The van der Waals surface area contributed by atoms with Crippen molar-refractivity contribution in [2.45, 2.75) is 129 Å². The topological polar surface area (TPSA) is 99.1 Å². The van der Waals surface area contributed by atoms with Crippen molar-refractivity contribution >= 4 is 17.9 Å². The SMILES string of the molecule is CC/C=C/C/C=C/C/C=C/C/C=C/C/C=C/C/C=C/CCCCCC(=O)OCC(COCCC(C(=O)O)[N+](C)(C)C)OC(=O)CC/C=C/C/C=C/CC. The lowest BCUT2D eigenvalue weighted by Gasteiger charge is -2.31. The van der Waals surface area contributed by atoms with Gasteiger partial charge >= 0.3 is 17.9 Å². The maximum Gasteiger partial charge on any atom is 0.362 e. The molecule has 2 atom stereocenters. The molecule has 0 aliphatic carbocycles. The number of nitrogens with zero attached hydrogens (tertiary/aromatic N) is 1. The van der Waals surface area contributed by atoms with Gasteiger partial charge in [-0.3, -0.25) is 9.59 Å². The van der Waals surface area contributed by atoms with E-state index in [2.05, 4.69) is 98.9 Å². The van der Waals surface area contributed by atoms with E-state index < -0.39 is 24.1 Å². The second kappa shape index (κ2) is 35.3. The standard InChI is InChI=1S/C45H71NO7/c1-6-8-10-12-14-15-16-17-18-19-20-21-22-23-24-25-26-27-28-30-31-33-35-43(47)52-40-41(39-51-38-37-42(45(49)50)46(3,4)5)53-44(48)36-34-32-29-13-11-9-7-2/h8-11,14-15,17-18,20-21,23-24,26-27,29,32,41-42H,6-7,12-13,16,19,22,25,28,30-31,33-40H2,1-5H3/p+1/b10-8+,11-9+,15-14+,18-17+,21-20+,24-23+,27-26+,32-29+. The van der Waals surface area contributed by atoms with E-state index in [1.807, 2.05) is 33.3 Å². The molecule has 0 rings (SSSR count). The van der Waals surface area contributed by atoms with E-state index in [1.54, 1.807) is 0 Å². The smallest absolute Gasteiger partial charge is 0.362 e. The van der Waals surface area contributed by atoms with Gasteiger partial charge in [0.05, 0.1) is 34.4 Å². The number of esters is 2. The van der Waals surface area contributed by atoms with E-state index >= 15 is 0 Å². The van der Waals surface area contributed by atoms with Gasteiger partial charge in [-0.25, -0.2) is 4.79 Å². The fourth-order valence-electron chi connectivity index (χ4n) is 4.98. The second-order valence-corrected chi connectivity index (χ2v) is 13.8. The quantitative estimate of drug-likeness (QED) is 0.0310. The Kier molecular flexibility index (Phi) is 32.8. The van der Waals surface area contributed by atoms with Crippen LogP contribution in [-0.4, -0.2) is 80.6 Å². The molecule has 0 amide bonds. The van der Waals surface area contributed by atoms with Crippen LogP contribution in [0.2, 0.25) is 0 Å². The fraction of sp³-hybridized carbons (Fsp3) is 0.578. The van der Waals surface area contributed by atoms with Crippen LogP contribution >= 0.6 is 0 Å². The van der Waals surface area contributed by atoms with Crippen molar-refractivity contribution in [3.05, 3.63) is 97.2 Å². The Morgan fingerprint density at radius 1 is 0.566 bits per heavy atom. The first-order valence-corrected chi connectivity index (χ1v) is 19.8. The number of allylic oxidation sites excluding steroid dienone is 16. The van der Waals surface area contributed by atoms with Crippen LogP contribution in [0.3, 0.4) is 0 Å². The van der Waals surface area contributed by atoms with Crippen molar-refractivity contribution in [1.82, 2.24) is 0 Å². The lowest BCUT2D eigenvalue weighted by molar-refractivity contribution is -0.887. The highest BCUT2D eigenvalue weighted by molar-refractivity contribution is 5.72. The zero-order valence-corrected chi connectivity index (χ0v) is 33.7. The zero-order valence-electron chi connectivity index (χ0n) is 33.7. The van der Waals surface area contributed by atoms with Gasteiger partial charge in [-0.1, -0.05) is 117 Å². The summed E-state index contributed by atoms with van der Waals surface area (Å²) in [5.74, 6) is -1.62.